The van der Waals surface area contributed by atoms with Crippen LogP contribution in [0.25, 0.3) is 0 Å². The molecule has 2 amide bonds. The summed E-state index contributed by atoms with van der Waals surface area (Å²) in [5.41, 5.74) is 0. The van der Waals surface area contributed by atoms with Gasteiger partial charge in [0.05, 0.1) is 0 Å². The maximum absolute atomic E-state index is 11.1. The summed E-state index contributed by atoms with van der Waals surface area (Å²) in [6, 6.07) is 0. The van der Waals surface area contributed by atoms with Crippen LogP contribution >= 0.6 is 0 Å². The Morgan fingerprint density at radius 3 is 2.05 bits per heavy atom. The van der Waals surface area contributed by atoms with Gasteiger partial charge in [0.15, 0.2) is 0 Å². The van der Waals surface area contributed by atoms with Gasteiger partial charge in [-0.1, -0.05) is 44.8 Å². The highest BCUT2D eigenvalue weighted by atomic mass is 16.2. The van der Waals surface area contributed by atoms with Crippen molar-refractivity contribution in [1.82, 2.24) is 10.6 Å². The van der Waals surface area contributed by atoms with E-state index >= 15 is 0 Å². The number of unbranched alkanes of at least 4 members (excludes halogenated alkanes) is 7. The average molecular weight is 282 g/mol. The van der Waals surface area contributed by atoms with E-state index in [1.165, 1.54) is 45.6 Å². The van der Waals surface area contributed by atoms with Gasteiger partial charge in [-0.15, -0.1) is 0 Å². The minimum atomic E-state index is -0.576. The van der Waals surface area contributed by atoms with Crippen molar-refractivity contribution in [3.8, 4) is 0 Å². The lowest BCUT2D eigenvalue weighted by molar-refractivity contribution is -0.138. The first-order valence-corrected chi connectivity index (χ1v) is 7.87. The largest absolute Gasteiger partial charge is 0.351 e. The molecule has 0 radical (unpaired) electrons. The predicted molar refractivity (Wildman–Crippen MR) is 83.4 cm³/mol. The van der Waals surface area contributed by atoms with Crippen LogP contribution in [0.5, 0.6) is 0 Å². The van der Waals surface area contributed by atoms with Gasteiger partial charge < -0.3 is 10.6 Å². The van der Waals surface area contributed by atoms with Crippen molar-refractivity contribution in [2.24, 2.45) is 0 Å². The van der Waals surface area contributed by atoms with Gasteiger partial charge in [-0.25, -0.2) is 0 Å². The fourth-order valence-corrected chi connectivity index (χ4v) is 1.88. The summed E-state index contributed by atoms with van der Waals surface area (Å²) in [6.45, 7) is 2.80. The summed E-state index contributed by atoms with van der Waals surface area (Å²) in [5, 5.41) is 4.88. The van der Waals surface area contributed by atoms with Gasteiger partial charge in [0.2, 0.25) is 0 Å². The summed E-state index contributed by atoms with van der Waals surface area (Å²) in [6.07, 6.45) is 15.3. The number of carbonyl (C=O) groups excluding carboxylic acids is 2. The van der Waals surface area contributed by atoms with Crippen molar-refractivity contribution in [3.63, 3.8) is 0 Å². The van der Waals surface area contributed by atoms with E-state index in [4.69, 9.17) is 0 Å². The number of carbonyl (C=O) groups is 2. The van der Waals surface area contributed by atoms with Crippen molar-refractivity contribution >= 4 is 11.8 Å². The van der Waals surface area contributed by atoms with Gasteiger partial charge in [-0.3, -0.25) is 9.59 Å². The first-order chi connectivity index (χ1) is 9.72. The molecule has 4 heteroatoms. The van der Waals surface area contributed by atoms with Crippen molar-refractivity contribution in [2.45, 2.75) is 64.7 Å². The zero-order chi connectivity index (χ0) is 15.1. The Bertz CT molecular complexity index is 288. The lowest BCUT2D eigenvalue weighted by Gasteiger charge is -2.02. The number of rotatable bonds is 11. The molecule has 0 aromatic heterocycles. The standard InChI is InChI=1S/C16H30N2O2/c1-3-4-5-6-7-8-9-10-11-12-13-14-18-16(20)15(19)17-2/h9-10H,3-8,11-14H2,1-2H3,(H,17,19)(H,18,20)/b10-9-. The van der Waals surface area contributed by atoms with Gasteiger partial charge in [0.25, 0.3) is 0 Å². The molecule has 0 spiro atoms. The van der Waals surface area contributed by atoms with Crippen molar-refractivity contribution in [1.29, 1.82) is 0 Å². The molecule has 0 aliphatic heterocycles. The van der Waals surface area contributed by atoms with Gasteiger partial charge >= 0.3 is 11.8 Å². The van der Waals surface area contributed by atoms with Crippen LogP contribution in [0.1, 0.15) is 64.7 Å². The van der Waals surface area contributed by atoms with E-state index in [1.807, 2.05) is 0 Å². The highest BCUT2D eigenvalue weighted by Gasteiger charge is 2.08. The van der Waals surface area contributed by atoms with Crippen LogP contribution in [0.4, 0.5) is 0 Å². The lowest BCUT2D eigenvalue weighted by atomic mass is 10.1. The Hall–Kier alpha value is -1.32. The number of allylic oxidation sites excluding steroid dienone is 2. The first kappa shape index (κ1) is 18.7. The normalized spacial score (nSPS) is 10.7. The second-order valence-electron chi connectivity index (χ2n) is 5.01. The van der Waals surface area contributed by atoms with Crippen molar-refractivity contribution < 1.29 is 9.59 Å². The van der Waals surface area contributed by atoms with E-state index in [9.17, 15) is 9.59 Å². The quantitative estimate of drug-likeness (QED) is 0.348. The van der Waals surface area contributed by atoms with Gasteiger partial charge in [-0.2, -0.15) is 0 Å². The summed E-state index contributed by atoms with van der Waals surface area (Å²) in [7, 11) is 1.45. The Balaban J connectivity index is 3.27. The molecule has 0 unspecified atom stereocenters. The molecule has 0 aromatic carbocycles. The molecule has 0 heterocycles. The highest BCUT2D eigenvalue weighted by Crippen LogP contribution is 2.06. The van der Waals surface area contributed by atoms with Crippen LogP contribution in [0.3, 0.4) is 0 Å². The molecule has 4 nitrogen and oxygen atoms in total. The van der Waals surface area contributed by atoms with E-state index < -0.39 is 11.8 Å². The Morgan fingerprint density at radius 1 is 0.850 bits per heavy atom. The number of hydrogen-bond donors (Lipinski definition) is 2. The predicted octanol–water partition coefficient (Wildman–Crippen LogP) is 2.94. The third kappa shape index (κ3) is 11.8. The van der Waals surface area contributed by atoms with Crippen molar-refractivity contribution in [3.05, 3.63) is 12.2 Å². The minimum Gasteiger partial charge on any atom is -0.351 e. The number of hydrogen-bond acceptors (Lipinski definition) is 2. The second-order valence-corrected chi connectivity index (χ2v) is 5.01. The minimum absolute atomic E-state index is 0.546. The molecule has 0 bridgehead atoms. The molecule has 0 aliphatic carbocycles. The maximum Gasteiger partial charge on any atom is 0.309 e. The summed E-state index contributed by atoms with van der Waals surface area (Å²) < 4.78 is 0. The van der Waals surface area contributed by atoms with Gasteiger partial charge in [-0.05, 0) is 32.1 Å². The molecule has 0 aliphatic rings. The molecule has 0 rings (SSSR count). The van der Waals surface area contributed by atoms with E-state index in [0.29, 0.717) is 6.54 Å². The van der Waals surface area contributed by atoms with Crippen LogP contribution < -0.4 is 10.6 Å². The van der Waals surface area contributed by atoms with Crippen LogP contribution in [-0.4, -0.2) is 25.4 Å². The number of nitrogens with one attached hydrogen (secondary N) is 2. The monoisotopic (exact) mass is 282 g/mol. The Morgan fingerprint density at radius 2 is 1.45 bits per heavy atom. The molecule has 20 heavy (non-hydrogen) atoms. The third-order valence-electron chi connectivity index (χ3n) is 3.16. The fourth-order valence-electron chi connectivity index (χ4n) is 1.88. The summed E-state index contributed by atoms with van der Waals surface area (Å²) in [5.74, 6) is -1.12. The van der Waals surface area contributed by atoms with E-state index in [1.54, 1.807) is 0 Å². The van der Waals surface area contributed by atoms with E-state index in [-0.39, 0.29) is 0 Å². The Kier molecular flexibility index (Phi) is 13.2. The van der Waals surface area contributed by atoms with E-state index in [2.05, 4.69) is 29.7 Å². The molecule has 0 aromatic rings. The summed E-state index contributed by atoms with van der Waals surface area (Å²) in [4.78, 5) is 22.0. The first-order valence-electron chi connectivity index (χ1n) is 7.87. The average Bonchev–Trinajstić information content (AvgIpc) is 2.47. The number of likely N-dealkylation sites (N-methyl/N-ethyl adjacent to an activating group) is 1. The molecular weight excluding hydrogens is 252 g/mol. The maximum atomic E-state index is 11.1. The van der Waals surface area contributed by atoms with Crippen LogP contribution in [-0.2, 0) is 9.59 Å². The molecule has 0 saturated carbocycles. The van der Waals surface area contributed by atoms with Crippen LogP contribution in [0.15, 0.2) is 12.2 Å². The number of amides is 2. The molecule has 0 saturated heterocycles. The zero-order valence-electron chi connectivity index (χ0n) is 13.0. The van der Waals surface area contributed by atoms with Crippen LogP contribution in [0.2, 0.25) is 0 Å². The van der Waals surface area contributed by atoms with Crippen LogP contribution in [0, 0.1) is 0 Å². The highest BCUT2D eigenvalue weighted by molar-refractivity contribution is 6.34. The van der Waals surface area contributed by atoms with Gasteiger partial charge in [0, 0.05) is 13.6 Å². The topological polar surface area (TPSA) is 58.2 Å². The molecule has 0 fully saturated rings. The SMILES string of the molecule is CCCCCCC/C=C\CCCCNC(=O)C(=O)NC. The van der Waals surface area contributed by atoms with Crippen molar-refractivity contribution in [2.75, 3.05) is 13.6 Å². The molecule has 2 N–H and O–H groups in total. The smallest absolute Gasteiger partial charge is 0.309 e. The van der Waals surface area contributed by atoms with Gasteiger partial charge in [0.1, 0.15) is 0 Å². The zero-order valence-corrected chi connectivity index (χ0v) is 13.0. The molecular formula is C16H30N2O2. The lowest BCUT2D eigenvalue weighted by Crippen LogP contribution is -2.38. The molecule has 116 valence electrons. The Labute approximate surface area is 123 Å². The second kappa shape index (κ2) is 14.1. The van der Waals surface area contributed by atoms with E-state index in [0.717, 1.165) is 19.3 Å². The summed E-state index contributed by atoms with van der Waals surface area (Å²) >= 11 is 0. The molecule has 0 atom stereocenters. The fraction of sp³-hybridized carbons (Fsp3) is 0.750. The third-order valence-corrected chi connectivity index (χ3v) is 3.16.